The normalized spacial score (nSPS) is 17.2. The summed E-state index contributed by atoms with van der Waals surface area (Å²) >= 11 is 7.68. The minimum atomic E-state index is -0.603. The molecule has 1 aliphatic carbocycles. The Labute approximate surface area is 187 Å². The summed E-state index contributed by atoms with van der Waals surface area (Å²) in [4.78, 5) is 39.0. The van der Waals surface area contributed by atoms with Crippen LogP contribution in [-0.2, 0) is 19.4 Å². The molecule has 1 fully saturated rings. The van der Waals surface area contributed by atoms with Gasteiger partial charge in [0.15, 0.2) is 0 Å². The predicted molar refractivity (Wildman–Crippen MR) is 119 cm³/mol. The van der Waals surface area contributed by atoms with Crippen molar-refractivity contribution in [3.63, 3.8) is 0 Å². The largest absolute Gasteiger partial charge is 0.336 e. The Morgan fingerprint density at radius 1 is 1.19 bits per heavy atom. The van der Waals surface area contributed by atoms with Gasteiger partial charge < -0.3 is 9.88 Å². The minimum Gasteiger partial charge on any atom is -0.336 e. The first kappa shape index (κ1) is 20.6. The molecule has 162 valence electrons. The third-order valence-corrected chi connectivity index (χ3v) is 7.58. The van der Waals surface area contributed by atoms with Crippen LogP contribution in [0.3, 0.4) is 0 Å². The number of carbonyl (C=O) groups excluding carboxylic acids is 1. The van der Waals surface area contributed by atoms with Gasteiger partial charge in [-0.25, -0.2) is 9.37 Å². The van der Waals surface area contributed by atoms with E-state index in [1.165, 1.54) is 35.1 Å². The fraction of sp³-hybridized carbons (Fsp3) is 0.409. The zero-order valence-corrected chi connectivity index (χ0v) is 18.5. The van der Waals surface area contributed by atoms with Gasteiger partial charge in [0.1, 0.15) is 16.5 Å². The highest BCUT2D eigenvalue weighted by atomic mass is 35.5. The second kappa shape index (κ2) is 8.33. The summed E-state index contributed by atoms with van der Waals surface area (Å²) in [5.41, 5.74) is 1.06. The average molecular weight is 461 g/mol. The lowest BCUT2D eigenvalue weighted by atomic mass is 9.97. The van der Waals surface area contributed by atoms with E-state index in [2.05, 4.69) is 9.88 Å². The van der Waals surface area contributed by atoms with E-state index in [0.717, 1.165) is 29.5 Å². The Morgan fingerprint density at radius 3 is 2.74 bits per heavy atom. The Hall–Kier alpha value is -2.29. The second-order valence-corrected chi connectivity index (χ2v) is 9.56. The smallest absolute Gasteiger partial charge is 0.259 e. The van der Waals surface area contributed by atoms with Crippen molar-refractivity contribution in [2.45, 2.75) is 32.2 Å². The van der Waals surface area contributed by atoms with Crippen LogP contribution in [0.4, 0.5) is 4.39 Å². The van der Waals surface area contributed by atoms with Crippen molar-refractivity contribution >= 4 is 39.1 Å². The fourth-order valence-electron chi connectivity index (χ4n) is 4.46. The number of nitrogens with zero attached hydrogens (tertiary/aromatic N) is 3. The monoisotopic (exact) mass is 460 g/mol. The molecule has 0 saturated carbocycles. The van der Waals surface area contributed by atoms with Crippen molar-refractivity contribution in [3.05, 3.63) is 61.2 Å². The number of carbonyl (C=O) groups is 1. The molecule has 3 heterocycles. The Morgan fingerprint density at radius 2 is 1.97 bits per heavy atom. The number of aromatic amines is 1. The highest BCUT2D eigenvalue weighted by molar-refractivity contribution is 7.18. The molecule has 6 nitrogen and oxygen atoms in total. The molecule has 0 spiro atoms. The molecule has 0 atom stereocenters. The van der Waals surface area contributed by atoms with Crippen LogP contribution in [0.1, 0.15) is 39.5 Å². The van der Waals surface area contributed by atoms with Crippen LogP contribution in [0.2, 0.25) is 5.02 Å². The molecule has 5 rings (SSSR count). The standard InChI is InChI=1S/C22H22ClFN4O2S/c23-14-5-3-6-15(24)19(14)22(30)28-10-8-27(9-11-28)12-17-25-20(29)18-13-4-1-2-7-16(13)31-21(18)26-17/h3,5-6H,1-2,4,7-12H2,(H,25,26,29). The average Bonchev–Trinajstić information content (AvgIpc) is 3.13. The van der Waals surface area contributed by atoms with Crippen molar-refractivity contribution in [2.75, 3.05) is 26.2 Å². The number of rotatable bonds is 3. The summed E-state index contributed by atoms with van der Waals surface area (Å²) < 4.78 is 14.1. The molecule has 1 amide bonds. The summed E-state index contributed by atoms with van der Waals surface area (Å²) in [7, 11) is 0. The summed E-state index contributed by atoms with van der Waals surface area (Å²) in [6.07, 6.45) is 4.29. The van der Waals surface area contributed by atoms with Gasteiger partial charge in [-0.15, -0.1) is 11.3 Å². The third kappa shape index (κ3) is 3.88. The molecule has 1 N–H and O–H groups in total. The lowest BCUT2D eigenvalue weighted by Crippen LogP contribution is -2.48. The molecule has 3 aromatic rings. The molecule has 31 heavy (non-hydrogen) atoms. The fourth-order valence-corrected chi connectivity index (χ4v) is 5.99. The van der Waals surface area contributed by atoms with Crippen LogP contribution in [0.25, 0.3) is 10.2 Å². The van der Waals surface area contributed by atoms with Crippen molar-refractivity contribution < 1.29 is 9.18 Å². The van der Waals surface area contributed by atoms with Gasteiger partial charge in [0, 0.05) is 31.1 Å². The maximum atomic E-state index is 14.1. The lowest BCUT2D eigenvalue weighted by Gasteiger charge is -2.34. The van der Waals surface area contributed by atoms with Crippen molar-refractivity contribution in [1.82, 2.24) is 19.8 Å². The van der Waals surface area contributed by atoms with Crippen LogP contribution in [0, 0.1) is 5.82 Å². The van der Waals surface area contributed by atoms with Gasteiger partial charge in [0.05, 0.1) is 22.5 Å². The van der Waals surface area contributed by atoms with Crippen molar-refractivity contribution in [3.8, 4) is 0 Å². The molecule has 0 unspecified atom stereocenters. The summed E-state index contributed by atoms with van der Waals surface area (Å²) in [5, 5.41) is 0.891. The van der Waals surface area contributed by atoms with Crippen LogP contribution in [0.15, 0.2) is 23.0 Å². The molecule has 9 heteroatoms. The van der Waals surface area contributed by atoms with Gasteiger partial charge in [-0.1, -0.05) is 17.7 Å². The van der Waals surface area contributed by atoms with E-state index < -0.39 is 5.82 Å². The molecular formula is C22H22ClFN4O2S. The quantitative estimate of drug-likeness (QED) is 0.648. The Kier molecular flexibility index (Phi) is 5.54. The Balaban J connectivity index is 1.28. The number of hydrogen-bond acceptors (Lipinski definition) is 5. The van der Waals surface area contributed by atoms with Gasteiger partial charge in [-0.05, 0) is 43.4 Å². The number of aromatic nitrogens is 2. The molecule has 2 aromatic heterocycles. The van der Waals surface area contributed by atoms with Crippen LogP contribution >= 0.6 is 22.9 Å². The van der Waals surface area contributed by atoms with E-state index in [1.807, 2.05) is 0 Å². The van der Waals surface area contributed by atoms with Gasteiger partial charge in [-0.2, -0.15) is 0 Å². The molecular weight excluding hydrogens is 439 g/mol. The first-order chi connectivity index (χ1) is 15.0. The summed E-state index contributed by atoms with van der Waals surface area (Å²) in [6, 6.07) is 4.26. The van der Waals surface area contributed by atoms with Crippen LogP contribution in [0.5, 0.6) is 0 Å². The number of fused-ring (bicyclic) bond motifs is 3. The highest BCUT2D eigenvalue weighted by Gasteiger charge is 2.26. The number of piperazine rings is 1. The topological polar surface area (TPSA) is 69.3 Å². The van der Waals surface area contributed by atoms with Crippen LogP contribution < -0.4 is 5.56 Å². The maximum absolute atomic E-state index is 14.1. The van der Waals surface area contributed by atoms with Gasteiger partial charge in [-0.3, -0.25) is 14.5 Å². The summed E-state index contributed by atoms with van der Waals surface area (Å²) in [6.45, 7) is 2.66. The molecule has 1 aliphatic heterocycles. The first-order valence-electron chi connectivity index (χ1n) is 10.5. The molecule has 2 aliphatic rings. The van der Waals surface area contributed by atoms with E-state index in [4.69, 9.17) is 16.6 Å². The van der Waals surface area contributed by atoms with Gasteiger partial charge >= 0.3 is 0 Å². The number of aryl methyl sites for hydroxylation is 2. The number of halogens is 2. The number of nitrogens with one attached hydrogen (secondary N) is 1. The van der Waals surface area contributed by atoms with Gasteiger partial charge in [0.2, 0.25) is 0 Å². The zero-order valence-electron chi connectivity index (χ0n) is 16.9. The van der Waals surface area contributed by atoms with E-state index in [-0.39, 0.29) is 22.1 Å². The Bertz CT molecular complexity index is 1200. The predicted octanol–water partition coefficient (Wildman–Crippen LogP) is 3.61. The molecule has 1 aromatic carbocycles. The number of amides is 1. The first-order valence-corrected chi connectivity index (χ1v) is 11.7. The van der Waals surface area contributed by atoms with Gasteiger partial charge in [0.25, 0.3) is 11.5 Å². The van der Waals surface area contributed by atoms with E-state index in [1.54, 1.807) is 16.2 Å². The van der Waals surface area contributed by atoms with Crippen molar-refractivity contribution in [1.29, 1.82) is 0 Å². The second-order valence-electron chi connectivity index (χ2n) is 8.07. The number of hydrogen-bond donors (Lipinski definition) is 1. The van der Waals surface area contributed by atoms with E-state index >= 15 is 0 Å². The molecule has 1 saturated heterocycles. The third-order valence-electron chi connectivity index (χ3n) is 6.08. The number of H-pyrrole nitrogens is 1. The summed E-state index contributed by atoms with van der Waals surface area (Å²) in [5.74, 6) is -0.346. The number of thiophene rings is 1. The molecule has 0 radical (unpaired) electrons. The maximum Gasteiger partial charge on any atom is 0.259 e. The van der Waals surface area contributed by atoms with Crippen molar-refractivity contribution in [2.24, 2.45) is 0 Å². The highest BCUT2D eigenvalue weighted by Crippen LogP contribution is 2.33. The van der Waals surface area contributed by atoms with E-state index in [0.29, 0.717) is 38.5 Å². The van der Waals surface area contributed by atoms with Crippen LogP contribution in [-0.4, -0.2) is 51.9 Å². The van der Waals surface area contributed by atoms with E-state index in [9.17, 15) is 14.0 Å². The minimum absolute atomic E-state index is 0.0533. The number of benzene rings is 1. The SMILES string of the molecule is O=C(c1c(F)cccc1Cl)N1CCN(Cc2nc3sc4c(c3c(=O)[nH]2)CCCC4)CC1. The zero-order chi connectivity index (χ0) is 21.5. The molecule has 0 bridgehead atoms. The lowest BCUT2D eigenvalue weighted by molar-refractivity contribution is 0.0621.